The summed E-state index contributed by atoms with van der Waals surface area (Å²) < 4.78 is 6.35. The Kier molecular flexibility index (Phi) is 5.74. The van der Waals surface area contributed by atoms with E-state index >= 15 is 0 Å². The third-order valence-electron chi connectivity index (χ3n) is 6.02. The number of nitrogens with zero attached hydrogens (tertiary/aromatic N) is 2. The summed E-state index contributed by atoms with van der Waals surface area (Å²) in [5.41, 5.74) is 4.05. The van der Waals surface area contributed by atoms with E-state index in [1.807, 2.05) is 37.3 Å². The Morgan fingerprint density at radius 2 is 2.12 bits per heavy atom. The Bertz CT molecular complexity index is 1330. The Labute approximate surface area is 199 Å². The van der Waals surface area contributed by atoms with E-state index in [9.17, 15) is 19.2 Å². The van der Waals surface area contributed by atoms with Crippen LogP contribution in [-0.4, -0.2) is 39.7 Å². The Morgan fingerprint density at radius 3 is 2.91 bits per heavy atom. The smallest absolute Gasteiger partial charge is 0.407 e. The fourth-order valence-corrected chi connectivity index (χ4v) is 5.22. The number of imide groups is 1. The SMILES string of the molecule is Cc1cccc2sc(COC(=O)NCc3ccc4c(c3)C(=O)N(C3CCC(=O)NC3=O)C4)nc12. The van der Waals surface area contributed by atoms with E-state index in [2.05, 4.69) is 15.6 Å². The second-order valence-electron chi connectivity index (χ2n) is 8.35. The number of nitrogens with one attached hydrogen (secondary N) is 2. The summed E-state index contributed by atoms with van der Waals surface area (Å²) in [5, 5.41) is 5.71. The molecule has 1 fully saturated rings. The maximum atomic E-state index is 12.9. The molecule has 34 heavy (non-hydrogen) atoms. The number of aromatic nitrogens is 1. The van der Waals surface area contributed by atoms with Crippen LogP contribution in [0.4, 0.5) is 4.79 Å². The van der Waals surface area contributed by atoms with Crippen molar-refractivity contribution in [2.45, 2.75) is 45.5 Å². The summed E-state index contributed by atoms with van der Waals surface area (Å²) in [7, 11) is 0. The highest BCUT2D eigenvalue weighted by molar-refractivity contribution is 7.18. The molecule has 3 aromatic rings. The maximum absolute atomic E-state index is 12.9. The van der Waals surface area contributed by atoms with Crippen LogP contribution < -0.4 is 10.6 Å². The minimum atomic E-state index is -0.652. The number of amides is 4. The normalized spacial score (nSPS) is 17.6. The van der Waals surface area contributed by atoms with Gasteiger partial charge in [-0.1, -0.05) is 24.3 Å². The summed E-state index contributed by atoms with van der Waals surface area (Å²) in [6.07, 6.45) is -0.0449. The van der Waals surface area contributed by atoms with E-state index in [0.29, 0.717) is 18.5 Å². The van der Waals surface area contributed by atoms with Crippen LogP contribution >= 0.6 is 11.3 Å². The average Bonchev–Trinajstić information content (AvgIpc) is 3.38. The van der Waals surface area contributed by atoms with Gasteiger partial charge in [0.25, 0.3) is 5.91 Å². The molecule has 1 unspecified atom stereocenters. The molecule has 5 rings (SSSR count). The zero-order chi connectivity index (χ0) is 23.8. The van der Waals surface area contributed by atoms with Gasteiger partial charge in [-0.3, -0.25) is 19.7 Å². The molecule has 2 aliphatic rings. The number of alkyl carbamates (subject to hydrolysis) is 1. The molecule has 9 nitrogen and oxygen atoms in total. The molecule has 0 radical (unpaired) electrons. The van der Waals surface area contributed by atoms with E-state index in [1.165, 1.54) is 16.2 Å². The summed E-state index contributed by atoms with van der Waals surface area (Å²) in [4.78, 5) is 54.7. The fraction of sp³-hybridized carbons (Fsp3) is 0.292. The van der Waals surface area contributed by atoms with Gasteiger partial charge in [0.1, 0.15) is 17.7 Å². The van der Waals surface area contributed by atoms with Gasteiger partial charge in [-0.15, -0.1) is 11.3 Å². The summed E-state index contributed by atoms with van der Waals surface area (Å²) in [5.74, 6) is -1.01. The van der Waals surface area contributed by atoms with Crippen molar-refractivity contribution in [3.8, 4) is 0 Å². The van der Waals surface area contributed by atoms with Crippen molar-refractivity contribution in [2.24, 2.45) is 0 Å². The Hall–Kier alpha value is -3.79. The van der Waals surface area contributed by atoms with Gasteiger partial charge in [0.2, 0.25) is 11.8 Å². The van der Waals surface area contributed by atoms with Crippen LogP contribution in [0.1, 0.15) is 44.9 Å². The average molecular weight is 479 g/mol. The molecule has 3 heterocycles. The summed E-state index contributed by atoms with van der Waals surface area (Å²) in [6, 6.07) is 10.7. The van der Waals surface area contributed by atoms with Crippen LogP contribution in [0.15, 0.2) is 36.4 Å². The molecule has 0 aliphatic carbocycles. The zero-order valence-electron chi connectivity index (χ0n) is 18.4. The summed E-state index contributed by atoms with van der Waals surface area (Å²) in [6.45, 7) is 2.58. The van der Waals surface area contributed by atoms with Gasteiger partial charge in [0, 0.05) is 25.1 Å². The third-order valence-corrected chi connectivity index (χ3v) is 7.02. The molecule has 0 spiro atoms. The number of ether oxygens (including phenoxy) is 1. The largest absolute Gasteiger partial charge is 0.442 e. The zero-order valence-corrected chi connectivity index (χ0v) is 19.2. The molecule has 0 bridgehead atoms. The molecule has 10 heteroatoms. The van der Waals surface area contributed by atoms with Gasteiger partial charge in [-0.25, -0.2) is 9.78 Å². The number of carbonyl (C=O) groups is 4. The van der Waals surface area contributed by atoms with E-state index < -0.39 is 18.0 Å². The van der Waals surface area contributed by atoms with E-state index in [4.69, 9.17) is 4.74 Å². The highest BCUT2D eigenvalue weighted by Crippen LogP contribution is 2.28. The van der Waals surface area contributed by atoms with Gasteiger partial charge in [0.15, 0.2) is 0 Å². The van der Waals surface area contributed by atoms with Crippen LogP contribution in [0.2, 0.25) is 0 Å². The van der Waals surface area contributed by atoms with Gasteiger partial charge in [0.05, 0.1) is 10.2 Å². The topological polar surface area (TPSA) is 118 Å². The van der Waals surface area contributed by atoms with Crippen molar-refractivity contribution in [3.63, 3.8) is 0 Å². The van der Waals surface area contributed by atoms with Gasteiger partial charge < -0.3 is 15.0 Å². The van der Waals surface area contributed by atoms with Gasteiger partial charge in [-0.05, 0) is 42.2 Å². The van der Waals surface area contributed by atoms with Gasteiger partial charge >= 0.3 is 6.09 Å². The molecule has 2 aliphatic heterocycles. The highest BCUT2D eigenvalue weighted by Gasteiger charge is 2.39. The fourth-order valence-electron chi connectivity index (χ4n) is 4.26. The molecule has 1 aromatic heterocycles. The molecule has 2 N–H and O–H groups in total. The van der Waals surface area contributed by atoms with Crippen LogP contribution in [-0.2, 0) is 34.0 Å². The first-order chi connectivity index (χ1) is 16.4. The number of para-hydroxylation sites is 1. The first kappa shape index (κ1) is 22.0. The van der Waals surface area contributed by atoms with Crippen molar-refractivity contribution >= 4 is 45.4 Å². The first-order valence-electron chi connectivity index (χ1n) is 10.9. The molecule has 4 amide bonds. The third kappa shape index (κ3) is 4.24. The van der Waals surface area contributed by atoms with Crippen LogP contribution in [0, 0.1) is 6.92 Å². The molecule has 1 saturated heterocycles. The van der Waals surface area contributed by atoms with Crippen molar-refractivity contribution in [1.29, 1.82) is 0 Å². The lowest BCUT2D eigenvalue weighted by Gasteiger charge is -2.29. The lowest BCUT2D eigenvalue weighted by molar-refractivity contribution is -0.136. The number of thiazole rings is 1. The molecular weight excluding hydrogens is 456 g/mol. The standard InChI is InChI=1S/C24H22N4O5S/c1-13-3-2-4-18-21(13)27-20(34-18)12-33-24(32)25-10-14-5-6-15-11-28(23(31)16(15)9-14)17-7-8-19(29)26-22(17)30/h2-6,9,17H,7-8,10-12H2,1H3,(H,25,32)(H,26,29,30). The number of fused-ring (bicyclic) bond motifs is 2. The molecule has 0 saturated carbocycles. The molecular formula is C24H22N4O5S. The predicted octanol–water partition coefficient (Wildman–Crippen LogP) is 2.79. The number of piperidine rings is 1. The number of aryl methyl sites for hydroxylation is 1. The Balaban J connectivity index is 1.17. The molecule has 1 atom stereocenters. The number of rotatable bonds is 5. The number of benzene rings is 2. The second-order valence-corrected chi connectivity index (χ2v) is 9.47. The van der Waals surface area contributed by atoms with E-state index in [-0.39, 0.29) is 31.4 Å². The van der Waals surface area contributed by atoms with Crippen molar-refractivity contribution < 1.29 is 23.9 Å². The van der Waals surface area contributed by atoms with E-state index in [1.54, 1.807) is 6.07 Å². The number of hydrogen-bond acceptors (Lipinski definition) is 7. The molecule has 2 aromatic carbocycles. The van der Waals surface area contributed by atoms with E-state index in [0.717, 1.165) is 31.9 Å². The van der Waals surface area contributed by atoms with Crippen molar-refractivity contribution in [3.05, 3.63) is 63.7 Å². The minimum absolute atomic E-state index is 0.0776. The lowest BCUT2D eigenvalue weighted by atomic mass is 10.0. The van der Waals surface area contributed by atoms with Crippen molar-refractivity contribution in [1.82, 2.24) is 20.5 Å². The first-order valence-corrected chi connectivity index (χ1v) is 11.7. The molecule has 174 valence electrons. The highest BCUT2D eigenvalue weighted by atomic mass is 32.1. The quantitative estimate of drug-likeness (QED) is 0.545. The maximum Gasteiger partial charge on any atom is 0.407 e. The second kappa shape index (κ2) is 8.86. The minimum Gasteiger partial charge on any atom is -0.442 e. The van der Waals surface area contributed by atoms with Crippen LogP contribution in [0.3, 0.4) is 0 Å². The van der Waals surface area contributed by atoms with Crippen LogP contribution in [0.25, 0.3) is 10.2 Å². The summed E-state index contributed by atoms with van der Waals surface area (Å²) >= 11 is 1.49. The monoisotopic (exact) mass is 478 g/mol. The van der Waals surface area contributed by atoms with Crippen LogP contribution in [0.5, 0.6) is 0 Å². The number of hydrogen-bond donors (Lipinski definition) is 2. The van der Waals surface area contributed by atoms with Crippen molar-refractivity contribution in [2.75, 3.05) is 0 Å². The number of carbonyl (C=O) groups excluding carboxylic acids is 4. The Morgan fingerprint density at radius 1 is 1.26 bits per heavy atom. The predicted molar refractivity (Wildman–Crippen MR) is 124 cm³/mol. The van der Waals surface area contributed by atoms with Gasteiger partial charge in [-0.2, -0.15) is 0 Å². The lowest BCUT2D eigenvalue weighted by Crippen LogP contribution is -2.52.